The highest BCUT2D eigenvalue weighted by atomic mass is 16.2. The Bertz CT molecular complexity index is 1810. The number of hydrazine groups is 1. The van der Waals surface area contributed by atoms with E-state index in [0.717, 1.165) is 34.6 Å². The zero-order chi connectivity index (χ0) is 33.4. The van der Waals surface area contributed by atoms with E-state index in [2.05, 4.69) is 26.9 Å². The number of amides is 5. The van der Waals surface area contributed by atoms with Crippen molar-refractivity contribution in [2.75, 3.05) is 29.0 Å². The number of urea groups is 1. The van der Waals surface area contributed by atoms with E-state index < -0.39 is 23.9 Å². The number of hydrogen-bond acceptors (Lipinski definition) is 8. The molecule has 0 radical (unpaired) electrons. The number of imide groups is 1. The van der Waals surface area contributed by atoms with Crippen molar-refractivity contribution >= 4 is 46.5 Å². The first-order valence-electron chi connectivity index (χ1n) is 15.9. The van der Waals surface area contributed by atoms with Gasteiger partial charge in [0.2, 0.25) is 5.91 Å². The number of benzene rings is 2. The van der Waals surface area contributed by atoms with Crippen LogP contribution in [0, 0.1) is 5.92 Å². The highest BCUT2D eigenvalue weighted by Crippen LogP contribution is 2.37. The molecule has 2 aliphatic rings. The molecule has 1 unspecified atom stereocenters. The van der Waals surface area contributed by atoms with E-state index in [0.29, 0.717) is 35.8 Å². The molecule has 2 aliphatic heterocycles. The van der Waals surface area contributed by atoms with Crippen LogP contribution in [0.4, 0.5) is 22.0 Å². The van der Waals surface area contributed by atoms with E-state index in [9.17, 15) is 19.2 Å². The molecule has 0 saturated carbocycles. The third-order valence-electron chi connectivity index (χ3n) is 8.72. The van der Waals surface area contributed by atoms with E-state index >= 15 is 0 Å². The van der Waals surface area contributed by atoms with Crippen LogP contribution in [0.25, 0.3) is 16.6 Å². The fourth-order valence-corrected chi connectivity index (χ4v) is 6.25. The van der Waals surface area contributed by atoms with E-state index in [1.807, 2.05) is 35.4 Å². The number of aromatic nitrogens is 3. The van der Waals surface area contributed by atoms with Gasteiger partial charge >= 0.3 is 6.03 Å². The Kier molecular flexibility index (Phi) is 8.65. The Balaban J connectivity index is 1.22. The first-order chi connectivity index (χ1) is 22.5. The lowest BCUT2D eigenvalue weighted by Crippen LogP contribution is -2.70. The summed E-state index contributed by atoms with van der Waals surface area (Å²) in [5.41, 5.74) is 13.4. The number of nitrogens with two attached hydrogens (primary N) is 1. The van der Waals surface area contributed by atoms with Crippen molar-refractivity contribution in [1.29, 1.82) is 0 Å². The molecule has 2 aromatic carbocycles. The van der Waals surface area contributed by atoms with Crippen molar-refractivity contribution in [1.82, 2.24) is 29.9 Å². The molecule has 2 aromatic heterocycles. The summed E-state index contributed by atoms with van der Waals surface area (Å²) in [5, 5.41) is 8.64. The van der Waals surface area contributed by atoms with Crippen molar-refractivity contribution < 1.29 is 19.2 Å². The van der Waals surface area contributed by atoms with Gasteiger partial charge in [0.25, 0.3) is 11.8 Å². The summed E-state index contributed by atoms with van der Waals surface area (Å²) in [6, 6.07) is 15.7. The van der Waals surface area contributed by atoms with Crippen LogP contribution < -0.4 is 21.4 Å². The largest absolute Gasteiger partial charge is 0.382 e. The number of rotatable bonds is 7. The highest BCUT2D eigenvalue weighted by molar-refractivity contribution is 6.25. The summed E-state index contributed by atoms with van der Waals surface area (Å²) < 4.78 is 1.85. The predicted molar refractivity (Wildman–Crippen MR) is 178 cm³/mol. The molecular formula is C34H39N9O4. The van der Waals surface area contributed by atoms with Crippen LogP contribution >= 0.6 is 0 Å². The number of piperidine rings is 1. The smallest absolute Gasteiger partial charge is 0.346 e. The average molecular weight is 638 g/mol. The molecule has 4 aromatic rings. The number of nitrogen functional groups attached to an aromatic ring is 1. The fourth-order valence-electron chi connectivity index (χ4n) is 6.25. The topological polar surface area (TPSA) is 158 Å². The van der Waals surface area contributed by atoms with Gasteiger partial charge in [-0.15, -0.1) is 0 Å². The minimum Gasteiger partial charge on any atom is -0.382 e. The molecule has 2 saturated heterocycles. The van der Waals surface area contributed by atoms with Crippen LogP contribution in [-0.4, -0.2) is 73.4 Å². The summed E-state index contributed by atoms with van der Waals surface area (Å²) >= 11 is 0. The number of fused-ring (bicyclic) bond motifs is 1. The van der Waals surface area contributed by atoms with Gasteiger partial charge in [0.1, 0.15) is 11.8 Å². The number of nitrogens with one attached hydrogen (secondary N) is 2. The van der Waals surface area contributed by atoms with E-state index in [-0.39, 0.29) is 23.8 Å². The molecule has 0 aliphatic carbocycles. The van der Waals surface area contributed by atoms with Crippen molar-refractivity contribution in [3.8, 4) is 11.1 Å². The summed E-state index contributed by atoms with van der Waals surface area (Å²) in [6.07, 6.45) is 3.07. The third kappa shape index (κ3) is 6.01. The number of hydrogen-bond donors (Lipinski definition) is 3. The van der Waals surface area contributed by atoms with Crippen molar-refractivity contribution in [3.63, 3.8) is 0 Å². The van der Waals surface area contributed by atoms with Gasteiger partial charge in [0.15, 0.2) is 11.9 Å². The molecule has 13 heteroatoms. The summed E-state index contributed by atoms with van der Waals surface area (Å²) in [7, 11) is 0. The summed E-state index contributed by atoms with van der Waals surface area (Å²) in [6.45, 7) is 8.80. The van der Waals surface area contributed by atoms with Crippen LogP contribution in [-0.2, 0) is 14.4 Å². The van der Waals surface area contributed by atoms with Crippen molar-refractivity contribution in [2.24, 2.45) is 5.92 Å². The van der Waals surface area contributed by atoms with E-state index in [1.165, 1.54) is 11.3 Å². The van der Waals surface area contributed by atoms with Crippen LogP contribution in [0.2, 0.25) is 0 Å². The van der Waals surface area contributed by atoms with Crippen molar-refractivity contribution in [2.45, 2.75) is 58.5 Å². The second-order valence-electron chi connectivity index (χ2n) is 12.5. The lowest BCUT2D eigenvalue weighted by atomic mass is 9.92. The number of carbonyl (C=O) groups is 4. The van der Waals surface area contributed by atoms with Gasteiger partial charge in [-0.2, -0.15) is 5.10 Å². The second kappa shape index (κ2) is 12.8. The molecule has 0 bridgehead atoms. The van der Waals surface area contributed by atoms with Gasteiger partial charge in [-0.25, -0.2) is 24.6 Å². The highest BCUT2D eigenvalue weighted by Gasteiger charge is 2.44. The number of nitrogens with zero attached hydrogens (tertiary/aromatic N) is 6. The molecule has 6 rings (SSSR count). The van der Waals surface area contributed by atoms with Gasteiger partial charge in [-0.05, 0) is 62.6 Å². The third-order valence-corrected chi connectivity index (χ3v) is 8.72. The monoisotopic (exact) mass is 637 g/mol. The molecule has 13 nitrogen and oxygen atoms in total. The molecule has 1 atom stereocenters. The maximum absolute atomic E-state index is 13.5. The Labute approximate surface area is 272 Å². The molecule has 2 fully saturated rings. The fraction of sp³-hybridized carbons (Fsp3) is 0.353. The van der Waals surface area contributed by atoms with Crippen LogP contribution in [0.1, 0.15) is 52.1 Å². The number of para-hydroxylation sites is 1. The zero-order valence-electron chi connectivity index (χ0n) is 26.9. The van der Waals surface area contributed by atoms with Gasteiger partial charge in [0.05, 0.1) is 5.69 Å². The molecule has 4 N–H and O–H groups in total. The Hall–Kier alpha value is -5.30. The maximum Gasteiger partial charge on any atom is 0.346 e. The molecule has 0 spiro atoms. The van der Waals surface area contributed by atoms with Crippen LogP contribution in [0.3, 0.4) is 0 Å². The van der Waals surface area contributed by atoms with E-state index in [1.54, 1.807) is 56.3 Å². The Morgan fingerprint density at radius 1 is 0.979 bits per heavy atom. The first-order valence-corrected chi connectivity index (χ1v) is 15.9. The number of anilines is 3. The average Bonchev–Trinajstić information content (AvgIpc) is 3.46. The first kappa shape index (κ1) is 31.7. The van der Waals surface area contributed by atoms with Gasteiger partial charge < -0.3 is 16.0 Å². The molecule has 47 heavy (non-hydrogen) atoms. The minimum absolute atomic E-state index is 0.0325. The second-order valence-corrected chi connectivity index (χ2v) is 12.5. The standard InChI is InChI=1S/C34H39N9O4/c1-20(2)32(45)40-16-14-23(15-17-40)27-18-26(29-30(35)36-19-37-43(27)29)22-10-12-24(13-11-22)38-31(44)28-33(46)41(25-8-6-5-7-9-25)34(47)42(39-28)21(3)4/h5-13,18-21,23,28,39H,14-17H2,1-4H3,(H,38,44)(H2,35,36,37). The Morgan fingerprint density at radius 3 is 2.30 bits per heavy atom. The normalized spacial score (nSPS) is 17.7. The molecule has 244 valence electrons. The van der Waals surface area contributed by atoms with Crippen LogP contribution in [0.15, 0.2) is 67.0 Å². The SMILES string of the molecule is CC(C)C(=O)N1CCC(c2cc(-c3ccc(NC(=O)C4NN(C(C)C)C(=O)N(c5ccccc5)C4=O)cc3)c3c(N)ncnn23)CC1. The lowest BCUT2D eigenvalue weighted by molar-refractivity contribution is -0.135. The van der Waals surface area contributed by atoms with Crippen molar-refractivity contribution in [3.05, 3.63) is 72.7 Å². The van der Waals surface area contributed by atoms with Crippen LogP contribution in [0.5, 0.6) is 0 Å². The van der Waals surface area contributed by atoms with E-state index in [4.69, 9.17) is 5.73 Å². The molecule has 4 heterocycles. The van der Waals surface area contributed by atoms with Gasteiger partial charge in [-0.3, -0.25) is 19.4 Å². The quantitative estimate of drug-likeness (QED) is 0.256. The zero-order valence-corrected chi connectivity index (χ0v) is 26.9. The lowest BCUT2D eigenvalue weighted by Gasteiger charge is -2.40. The van der Waals surface area contributed by atoms with Gasteiger partial charge in [-0.1, -0.05) is 44.2 Å². The summed E-state index contributed by atoms with van der Waals surface area (Å²) in [5.74, 6) is -0.595. The summed E-state index contributed by atoms with van der Waals surface area (Å²) in [4.78, 5) is 59.8. The number of likely N-dealkylation sites (tertiary alicyclic amines) is 1. The number of carbonyl (C=O) groups excluding carboxylic acids is 4. The predicted octanol–water partition coefficient (Wildman–Crippen LogP) is 4.03. The maximum atomic E-state index is 13.5. The van der Waals surface area contributed by atoms with Gasteiger partial charge in [0, 0.05) is 47.9 Å². The minimum atomic E-state index is -1.33. The Morgan fingerprint density at radius 2 is 1.66 bits per heavy atom. The molecule has 5 amide bonds. The molecular weight excluding hydrogens is 598 g/mol.